The van der Waals surface area contributed by atoms with E-state index in [1.165, 1.54) is 0 Å². The molecule has 1 aliphatic heterocycles. The maximum atomic E-state index is 15.8. The number of fused-ring (bicyclic) bond motifs is 1. The van der Waals surface area contributed by atoms with E-state index in [1.54, 1.807) is 69.5 Å². The average Bonchev–Trinajstić information content (AvgIpc) is 3.11. The summed E-state index contributed by atoms with van der Waals surface area (Å²) < 4.78 is 26.3. The minimum absolute atomic E-state index is 0.0717. The first-order valence-corrected chi connectivity index (χ1v) is 11.6. The zero-order valence-electron chi connectivity index (χ0n) is 20.8. The Morgan fingerprint density at radius 1 is 1.08 bits per heavy atom. The molecule has 2 aromatic carbocycles. The van der Waals surface area contributed by atoms with Crippen LogP contribution in [0, 0.1) is 5.82 Å². The van der Waals surface area contributed by atoms with Crippen molar-refractivity contribution in [3.8, 4) is 5.75 Å². The molecular weight excluding hydrogens is 477 g/mol. The Hall–Kier alpha value is -4.44. The van der Waals surface area contributed by atoms with Gasteiger partial charge in [0.2, 0.25) is 5.91 Å². The van der Waals surface area contributed by atoms with Crippen LogP contribution in [0.15, 0.2) is 61.2 Å². The van der Waals surface area contributed by atoms with Gasteiger partial charge in [0, 0.05) is 29.7 Å². The van der Waals surface area contributed by atoms with E-state index in [4.69, 9.17) is 9.47 Å². The Labute approximate surface area is 214 Å². The highest BCUT2D eigenvalue weighted by atomic mass is 19.1. The molecule has 0 bridgehead atoms. The van der Waals surface area contributed by atoms with Gasteiger partial charge in [0.1, 0.15) is 18.2 Å². The molecule has 2 amide bonds. The third-order valence-corrected chi connectivity index (χ3v) is 5.67. The molecule has 9 nitrogen and oxygen atoms in total. The summed E-state index contributed by atoms with van der Waals surface area (Å²) in [6.45, 7) is 7.78. The highest BCUT2D eigenvalue weighted by Crippen LogP contribution is 2.40. The average molecular weight is 506 g/mol. The van der Waals surface area contributed by atoms with Crippen LogP contribution in [-0.4, -0.2) is 37.1 Å². The van der Waals surface area contributed by atoms with Crippen molar-refractivity contribution in [1.29, 1.82) is 0 Å². The number of methoxy groups -OCH3 is 1. The van der Waals surface area contributed by atoms with Crippen LogP contribution >= 0.6 is 0 Å². The molecule has 192 valence electrons. The van der Waals surface area contributed by atoms with Gasteiger partial charge in [-0.05, 0) is 62.4 Å². The number of anilines is 5. The van der Waals surface area contributed by atoms with Gasteiger partial charge in [-0.1, -0.05) is 12.6 Å². The maximum Gasteiger partial charge on any atom is 0.256 e. The van der Waals surface area contributed by atoms with E-state index in [1.807, 2.05) is 0 Å². The van der Waals surface area contributed by atoms with Gasteiger partial charge in [-0.15, -0.1) is 0 Å². The molecule has 0 unspecified atom stereocenters. The molecular formula is C27H28FN5O4. The van der Waals surface area contributed by atoms with Gasteiger partial charge in [-0.2, -0.15) is 0 Å². The van der Waals surface area contributed by atoms with Crippen molar-refractivity contribution in [3.05, 3.63) is 78.1 Å². The number of halogens is 1. The Morgan fingerprint density at radius 2 is 1.78 bits per heavy atom. The van der Waals surface area contributed by atoms with Crippen LogP contribution in [0.5, 0.6) is 5.75 Å². The largest absolute Gasteiger partial charge is 0.491 e. The predicted molar refractivity (Wildman–Crippen MR) is 140 cm³/mol. The first-order valence-electron chi connectivity index (χ1n) is 11.6. The van der Waals surface area contributed by atoms with Crippen molar-refractivity contribution in [3.63, 3.8) is 0 Å². The molecule has 10 heteroatoms. The summed E-state index contributed by atoms with van der Waals surface area (Å²) >= 11 is 0. The summed E-state index contributed by atoms with van der Waals surface area (Å²) in [4.78, 5) is 28.9. The molecule has 0 atom stereocenters. The molecule has 0 spiro atoms. The second-order valence-corrected chi connectivity index (χ2v) is 8.84. The summed E-state index contributed by atoms with van der Waals surface area (Å²) in [6.07, 6.45) is 1.16. The smallest absolute Gasteiger partial charge is 0.256 e. The molecule has 4 rings (SSSR count). The van der Waals surface area contributed by atoms with Gasteiger partial charge < -0.3 is 30.7 Å². The van der Waals surface area contributed by atoms with Crippen LogP contribution < -0.4 is 26.0 Å². The lowest BCUT2D eigenvalue weighted by atomic mass is 9.94. The van der Waals surface area contributed by atoms with Gasteiger partial charge in [0.15, 0.2) is 11.6 Å². The molecule has 0 radical (unpaired) electrons. The number of pyridine rings is 1. The number of ether oxygens (including phenoxy) is 2. The van der Waals surface area contributed by atoms with E-state index in [2.05, 4.69) is 32.8 Å². The van der Waals surface area contributed by atoms with Gasteiger partial charge in [0.05, 0.1) is 17.7 Å². The predicted octanol–water partition coefficient (Wildman–Crippen LogP) is 4.84. The van der Waals surface area contributed by atoms with Crippen molar-refractivity contribution in [2.24, 2.45) is 0 Å². The lowest BCUT2D eigenvalue weighted by Crippen LogP contribution is -2.33. The molecule has 3 aromatic rings. The number of amides is 2. The topological polar surface area (TPSA) is 114 Å². The van der Waals surface area contributed by atoms with Crippen molar-refractivity contribution in [1.82, 2.24) is 10.3 Å². The van der Waals surface area contributed by atoms with E-state index in [9.17, 15) is 9.59 Å². The van der Waals surface area contributed by atoms with Gasteiger partial charge >= 0.3 is 0 Å². The fourth-order valence-corrected chi connectivity index (χ4v) is 3.97. The fourth-order valence-electron chi connectivity index (χ4n) is 3.97. The number of nitrogens with zero attached hydrogens (tertiary/aromatic N) is 1. The van der Waals surface area contributed by atoms with Gasteiger partial charge in [-0.25, -0.2) is 9.37 Å². The zero-order valence-corrected chi connectivity index (χ0v) is 20.8. The second kappa shape index (κ2) is 10.7. The van der Waals surface area contributed by atoms with Crippen LogP contribution in [0.25, 0.3) is 0 Å². The van der Waals surface area contributed by atoms with Crippen molar-refractivity contribution in [2.75, 3.05) is 36.3 Å². The monoisotopic (exact) mass is 505 g/mol. The third kappa shape index (κ3) is 5.70. The molecule has 0 saturated carbocycles. The minimum atomic E-state index is -0.953. The summed E-state index contributed by atoms with van der Waals surface area (Å²) in [5.41, 5.74) is 1.02. The molecule has 4 N–H and O–H groups in total. The van der Waals surface area contributed by atoms with E-state index in [0.29, 0.717) is 36.0 Å². The number of rotatable bonds is 10. The standard InChI is InChI=1S/C27H28FN5O4/c1-5-20(34)29-17-7-6-8-18(15-17)31-25-23(28)22-21(26(35)33-27(22,2)3)24(32-25)30-16-9-11-19(12-10-16)37-14-13-36-4/h5-12,15H,1,13-14H2,2-4H3,(H,29,34)(H,33,35)(H2,30,31,32). The molecule has 0 saturated heterocycles. The summed E-state index contributed by atoms with van der Waals surface area (Å²) in [6, 6.07) is 13.8. The van der Waals surface area contributed by atoms with Crippen LogP contribution in [0.1, 0.15) is 29.8 Å². The molecule has 1 aromatic heterocycles. The van der Waals surface area contributed by atoms with Crippen molar-refractivity contribution < 1.29 is 23.5 Å². The number of carbonyl (C=O) groups excluding carboxylic acids is 2. The van der Waals surface area contributed by atoms with Crippen molar-refractivity contribution in [2.45, 2.75) is 19.4 Å². The molecule has 1 aliphatic rings. The number of hydrogen-bond acceptors (Lipinski definition) is 7. The first-order chi connectivity index (χ1) is 17.7. The zero-order chi connectivity index (χ0) is 26.6. The van der Waals surface area contributed by atoms with Crippen LogP contribution in [0.3, 0.4) is 0 Å². The SMILES string of the molecule is C=CC(=O)Nc1cccc(Nc2nc(Nc3ccc(OCCOC)cc3)c3c(c2F)C(C)(C)NC3=O)c1. The van der Waals surface area contributed by atoms with Crippen LogP contribution in [0.4, 0.5) is 33.1 Å². The molecule has 2 heterocycles. The molecule has 37 heavy (non-hydrogen) atoms. The minimum Gasteiger partial charge on any atom is -0.491 e. The number of nitrogens with one attached hydrogen (secondary N) is 4. The van der Waals surface area contributed by atoms with E-state index >= 15 is 4.39 Å². The van der Waals surface area contributed by atoms with Crippen LogP contribution in [0.2, 0.25) is 0 Å². The highest BCUT2D eigenvalue weighted by Gasteiger charge is 2.42. The quantitative estimate of drug-likeness (QED) is 0.230. The Kier molecular flexibility index (Phi) is 7.40. The summed E-state index contributed by atoms with van der Waals surface area (Å²) in [5, 5.41) is 11.6. The first kappa shape index (κ1) is 25.6. The highest BCUT2D eigenvalue weighted by molar-refractivity contribution is 6.05. The number of hydrogen-bond donors (Lipinski definition) is 4. The van der Waals surface area contributed by atoms with E-state index in [0.717, 1.165) is 6.08 Å². The Balaban J connectivity index is 1.68. The van der Waals surface area contributed by atoms with Gasteiger partial charge in [0.25, 0.3) is 5.91 Å². The van der Waals surface area contributed by atoms with Crippen molar-refractivity contribution >= 4 is 40.5 Å². The fraction of sp³-hybridized carbons (Fsp3) is 0.222. The summed E-state index contributed by atoms with van der Waals surface area (Å²) in [5.74, 6) is -0.652. The summed E-state index contributed by atoms with van der Waals surface area (Å²) in [7, 11) is 1.60. The molecule has 0 fully saturated rings. The van der Waals surface area contributed by atoms with Crippen LogP contribution in [-0.2, 0) is 15.1 Å². The molecule has 0 aliphatic carbocycles. The number of aromatic nitrogens is 1. The number of carbonyl (C=O) groups is 2. The Bertz CT molecular complexity index is 1340. The Morgan fingerprint density at radius 3 is 2.49 bits per heavy atom. The lowest BCUT2D eigenvalue weighted by molar-refractivity contribution is -0.111. The number of benzene rings is 2. The second-order valence-electron chi connectivity index (χ2n) is 8.84. The normalized spacial score (nSPS) is 13.4. The lowest BCUT2D eigenvalue weighted by Gasteiger charge is -2.21. The maximum absolute atomic E-state index is 15.8. The van der Waals surface area contributed by atoms with Gasteiger partial charge in [-0.3, -0.25) is 9.59 Å². The third-order valence-electron chi connectivity index (χ3n) is 5.67. The van der Waals surface area contributed by atoms with E-state index < -0.39 is 17.3 Å². The van der Waals surface area contributed by atoms with E-state index in [-0.39, 0.29) is 28.7 Å².